The molecule has 1 aromatic heterocycles. The Bertz CT molecular complexity index is 1560. The molecule has 0 bridgehead atoms. The fourth-order valence-electron chi connectivity index (χ4n) is 3.95. The van der Waals surface area contributed by atoms with Crippen molar-refractivity contribution < 1.29 is 23.1 Å². The highest BCUT2D eigenvalue weighted by molar-refractivity contribution is 7.89. The fraction of sp³-hybridized carbons (Fsp3) is 0.138. The number of aromatic nitrogens is 1. The molecule has 3 aromatic carbocycles. The van der Waals surface area contributed by atoms with Crippen LogP contribution in [0.15, 0.2) is 102 Å². The quantitative estimate of drug-likeness (QED) is 0.225. The zero-order valence-corrected chi connectivity index (χ0v) is 22.0. The highest BCUT2D eigenvalue weighted by Crippen LogP contribution is 2.28. The van der Waals surface area contributed by atoms with Crippen molar-refractivity contribution in [2.45, 2.75) is 30.8 Å². The van der Waals surface area contributed by atoms with Crippen LogP contribution < -0.4 is 15.4 Å². The lowest BCUT2D eigenvalue weighted by molar-refractivity contribution is -0.137. The Morgan fingerprint density at radius 1 is 0.923 bits per heavy atom. The predicted molar refractivity (Wildman–Crippen MR) is 148 cm³/mol. The van der Waals surface area contributed by atoms with Crippen LogP contribution in [0.5, 0.6) is 0 Å². The summed E-state index contributed by atoms with van der Waals surface area (Å²) in [5, 5.41) is 15.1. The molecule has 0 aliphatic carbocycles. The summed E-state index contributed by atoms with van der Waals surface area (Å²) in [6.07, 6.45) is 2.90. The molecule has 4 aromatic rings. The Kier molecular flexibility index (Phi) is 8.70. The van der Waals surface area contributed by atoms with Gasteiger partial charge in [0, 0.05) is 24.6 Å². The number of aliphatic carboxylic acids is 1. The van der Waals surface area contributed by atoms with Crippen LogP contribution in [0.4, 0.5) is 10.5 Å². The van der Waals surface area contributed by atoms with Gasteiger partial charge in [0.25, 0.3) is 0 Å². The van der Waals surface area contributed by atoms with Crippen LogP contribution >= 0.6 is 0 Å². The Balaban J connectivity index is 1.52. The summed E-state index contributed by atoms with van der Waals surface area (Å²) in [6, 6.07) is 22.8. The molecule has 1 atom stereocenters. The van der Waals surface area contributed by atoms with Crippen LogP contribution in [-0.4, -0.2) is 30.5 Å². The number of amides is 2. The number of nitrogens with one attached hydrogen (secondary N) is 3. The first-order valence-electron chi connectivity index (χ1n) is 12.1. The van der Waals surface area contributed by atoms with E-state index in [2.05, 4.69) is 20.3 Å². The number of carboxylic acid groups (broad SMARTS) is 1. The van der Waals surface area contributed by atoms with Crippen molar-refractivity contribution in [2.24, 2.45) is 0 Å². The van der Waals surface area contributed by atoms with Gasteiger partial charge in [-0.2, -0.15) is 0 Å². The van der Waals surface area contributed by atoms with Crippen LogP contribution in [0.25, 0.3) is 11.1 Å². The van der Waals surface area contributed by atoms with Crippen LogP contribution in [-0.2, 0) is 21.4 Å². The summed E-state index contributed by atoms with van der Waals surface area (Å²) >= 11 is 0. The number of pyridine rings is 1. The van der Waals surface area contributed by atoms with Crippen molar-refractivity contribution in [3.63, 3.8) is 0 Å². The van der Waals surface area contributed by atoms with Gasteiger partial charge in [0.15, 0.2) is 0 Å². The van der Waals surface area contributed by atoms with E-state index in [0.29, 0.717) is 17.8 Å². The Morgan fingerprint density at radius 2 is 1.64 bits per heavy atom. The second kappa shape index (κ2) is 12.3. The topological polar surface area (TPSA) is 137 Å². The van der Waals surface area contributed by atoms with Gasteiger partial charge in [-0.1, -0.05) is 54.1 Å². The minimum atomic E-state index is -3.97. The number of carbonyl (C=O) groups excluding carboxylic acids is 1. The molecule has 0 saturated heterocycles. The summed E-state index contributed by atoms with van der Waals surface area (Å²) in [7, 11) is -3.97. The third-order valence-corrected chi connectivity index (χ3v) is 7.41. The molecular weight excluding hydrogens is 516 g/mol. The van der Waals surface area contributed by atoms with E-state index in [1.807, 2.05) is 25.1 Å². The van der Waals surface area contributed by atoms with E-state index in [1.165, 1.54) is 12.1 Å². The smallest absolute Gasteiger partial charge is 0.319 e. The molecule has 0 radical (unpaired) electrons. The minimum Gasteiger partial charge on any atom is -0.481 e. The van der Waals surface area contributed by atoms with E-state index in [1.54, 1.807) is 67.0 Å². The van der Waals surface area contributed by atoms with E-state index in [-0.39, 0.29) is 10.9 Å². The third kappa shape index (κ3) is 7.73. The molecular formula is C29H28N4O5S. The van der Waals surface area contributed by atoms with E-state index in [9.17, 15) is 23.1 Å². The summed E-state index contributed by atoms with van der Waals surface area (Å²) in [6.45, 7) is 2.17. The number of hydrogen-bond acceptors (Lipinski definition) is 5. The van der Waals surface area contributed by atoms with Gasteiger partial charge in [-0.15, -0.1) is 0 Å². The molecule has 10 heteroatoms. The fourth-order valence-corrected chi connectivity index (χ4v) is 5.17. The van der Waals surface area contributed by atoms with E-state index < -0.39 is 28.5 Å². The van der Waals surface area contributed by atoms with Gasteiger partial charge in [-0.05, 0) is 65.6 Å². The Hall–Kier alpha value is -4.54. The van der Waals surface area contributed by atoms with Crippen molar-refractivity contribution in [2.75, 3.05) is 5.32 Å². The number of carbonyl (C=O) groups is 2. The van der Waals surface area contributed by atoms with Gasteiger partial charge < -0.3 is 15.7 Å². The number of benzene rings is 3. The van der Waals surface area contributed by atoms with Crippen molar-refractivity contribution in [3.8, 4) is 11.1 Å². The molecule has 200 valence electrons. The molecule has 9 nitrogen and oxygen atoms in total. The van der Waals surface area contributed by atoms with Crippen LogP contribution in [0.3, 0.4) is 0 Å². The highest BCUT2D eigenvalue weighted by Gasteiger charge is 2.24. The number of carboxylic acids is 1. The monoisotopic (exact) mass is 544 g/mol. The van der Waals surface area contributed by atoms with Crippen molar-refractivity contribution in [1.82, 2.24) is 15.0 Å². The van der Waals surface area contributed by atoms with E-state index >= 15 is 0 Å². The molecule has 4 rings (SSSR count). The number of sulfonamides is 1. The van der Waals surface area contributed by atoms with Gasteiger partial charge in [-0.25, -0.2) is 17.9 Å². The third-order valence-electron chi connectivity index (χ3n) is 5.93. The molecule has 1 heterocycles. The van der Waals surface area contributed by atoms with Crippen LogP contribution in [0.2, 0.25) is 0 Å². The van der Waals surface area contributed by atoms with E-state index in [4.69, 9.17) is 0 Å². The number of anilines is 1. The summed E-state index contributed by atoms with van der Waals surface area (Å²) < 4.78 is 28.5. The zero-order chi connectivity index (χ0) is 27.8. The highest BCUT2D eigenvalue weighted by atomic mass is 32.2. The summed E-state index contributed by atoms with van der Waals surface area (Å²) in [5.74, 6) is -1.14. The van der Waals surface area contributed by atoms with Gasteiger partial charge in [0.2, 0.25) is 10.0 Å². The lowest BCUT2D eigenvalue weighted by Crippen LogP contribution is -2.30. The maximum Gasteiger partial charge on any atom is 0.319 e. The van der Waals surface area contributed by atoms with Crippen molar-refractivity contribution >= 4 is 27.7 Å². The number of hydrogen-bond donors (Lipinski definition) is 4. The zero-order valence-electron chi connectivity index (χ0n) is 21.2. The average molecular weight is 545 g/mol. The average Bonchev–Trinajstić information content (AvgIpc) is 2.92. The second-order valence-corrected chi connectivity index (χ2v) is 10.7. The number of urea groups is 1. The van der Waals surface area contributed by atoms with Gasteiger partial charge in [-0.3, -0.25) is 9.78 Å². The molecule has 0 fully saturated rings. The molecule has 0 aliphatic heterocycles. The standard InChI is InChI=1S/C29H28N4O5S/c1-20-10-12-26(13-11-20)39(37,38)33-27(17-28(34)35)24-8-2-6-22(15-24)23-7-3-9-25(16-23)32-29(36)31-19-21-5-4-14-30-18-21/h2-16,18,27,33H,17,19H2,1H3,(H,34,35)(H2,31,32,36)/t27-/m0/s1. The molecule has 0 aliphatic rings. The Labute approximate surface area is 227 Å². The molecule has 4 N–H and O–H groups in total. The second-order valence-electron chi connectivity index (χ2n) is 8.96. The van der Waals surface area contributed by atoms with Gasteiger partial charge in [0.05, 0.1) is 17.4 Å². The van der Waals surface area contributed by atoms with Crippen LogP contribution in [0, 0.1) is 6.92 Å². The van der Waals surface area contributed by atoms with E-state index in [0.717, 1.165) is 22.3 Å². The molecule has 0 unspecified atom stereocenters. The first kappa shape index (κ1) is 27.5. The SMILES string of the molecule is Cc1ccc(S(=O)(=O)N[C@@H](CC(=O)O)c2cccc(-c3cccc(NC(=O)NCc4cccnc4)c3)c2)cc1. The number of nitrogens with zero attached hydrogens (tertiary/aromatic N) is 1. The minimum absolute atomic E-state index is 0.0558. The molecule has 0 saturated carbocycles. The number of aryl methyl sites for hydroxylation is 1. The predicted octanol–water partition coefficient (Wildman–Crippen LogP) is 4.87. The summed E-state index contributed by atoms with van der Waals surface area (Å²) in [5.41, 5.74) is 4.33. The van der Waals surface area contributed by atoms with Crippen LogP contribution in [0.1, 0.15) is 29.2 Å². The Morgan fingerprint density at radius 3 is 2.33 bits per heavy atom. The first-order valence-corrected chi connectivity index (χ1v) is 13.6. The molecule has 0 spiro atoms. The summed E-state index contributed by atoms with van der Waals surface area (Å²) in [4.78, 5) is 28.1. The largest absolute Gasteiger partial charge is 0.481 e. The van der Waals surface area contributed by atoms with Crippen molar-refractivity contribution in [3.05, 3.63) is 114 Å². The molecule has 2 amide bonds. The van der Waals surface area contributed by atoms with Crippen molar-refractivity contribution in [1.29, 1.82) is 0 Å². The maximum atomic E-state index is 13.0. The lowest BCUT2D eigenvalue weighted by atomic mass is 9.98. The van der Waals surface area contributed by atoms with Gasteiger partial charge >= 0.3 is 12.0 Å². The van der Waals surface area contributed by atoms with Gasteiger partial charge in [0.1, 0.15) is 0 Å². The molecule has 39 heavy (non-hydrogen) atoms. The number of rotatable bonds is 10. The first-order chi connectivity index (χ1) is 18.7. The lowest BCUT2D eigenvalue weighted by Gasteiger charge is -2.19. The maximum absolute atomic E-state index is 13.0. The normalized spacial score (nSPS) is 11.9.